The molecule has 0 radical (unpaired) electrons. The van der Waals surface area contributed by atoms with Crippen molar-refractivity contribution in [1.29, 1.82) is 0 Å². The largest absolute Gasteiger partial charge is 0.355 e. The van der Waals surface area contributed by atoms with Gasteiger partial charge in [-0.3, -0.25) is 4.79 Å². The first-order valence-corrected chi connectivity index (χ1v) is 9.19. The van der Waals surface area contributed by atoms with Crippen molar-refractivity contribution in [3.05, 3.63) is 71.8 Å². The van der Waals surface area contributed by atoms with Crippen molar-refractivity contribution >= 4 is 5.91 Å². The SMILES string of the molecule is O=C(NCCCc1ccccc1)C1(c2ccccc2)CCCCC1. The van der Waals surface area contributed by atoms with Crippen molar-refractivity contribution < 1.29 is 4.79 Å². The van der Waals surface area contributed by atoms with E-state index in [9.17, 15) is 4.79 Å². The number of nitrogens with one attached hydrogen (secondary N) is 1. The number of rotatable bonds is 6. The predicted molar refractivity (Wildman–Crippen MR) is 99.0 cm³/mol. The van der Waals surface area contributed by atoms with E-state index in [2.05, 4.69) is 41.7 Å². The van der Waals surface area contributed by atoms with Crippen molar-refractivity contribution in [2.24, 2.45) is 0 Å². The molecule has 1 fully saturated rings. The molecule has 2 aromatic carbocycles. The number of amides is 1. The van der Waals surface area contributed by atoms with Crippen LogP contribution in [0.25, 0.3) is 0 Å². The lowest BCUT2D eigenvalue weighted by Crippen LogP contribution is -2.46. The van der Waals surface area contributed by atoms with Crippen LogP contribution < -0.4 is 5.32 Å². The van der Waals surface area contributed by atoms with Gasteiger partial charge in [-0.2, -0.15) is 0 Å². The van der Waals surface area contributed by atoms with Crippen LogP contribution in [0.2, 0.25) is 0 Å². The van der Waals surface area contributed by atoms with Crippen LogP contribution in [0.4, 0.5) is 0 Å². The second kappa shape index (κ2) is 8.14. The Morgan fingerprint density at radius 2 is 1.50 bits per heavy atom. The van der Waals surface area contributed by atoms with Crippen LogP contribution in [0, 0.1) is 0 Å². The topological polar surface area (TPSA) is 29.1 Å². The first-order chi connectivity index (χ1) is 11.8. The van der Waals surface area contributed by atoms with Gasteiger partial charge < -0.3 is 5.32 Å². The Morgan fingerprint density at radius 1 is 0.875 bits per heavy atom. The van der Waals surface area contributed by atoms with Gasteiger partial charge in [-0.05, 0) is 36.8 Å². The maximum absolute atomic E-state index is 13.0. The molecule has 1 amide bonds. The highest BCUT2D eigenvalue weighted by Crippen LogP contribution is 2.39. The Balaban J connectivity index is 1.60. The Kier molecular flexibility index (Phi) is 5.68. The Labute approximate surface area is 145 Å². The fourth-order valence-corrected chi connectivity index (χ4v) is 3.87. The van der Waals surface area contributed by atoms with Gasteiger partial charge in [0.05, 0.1) is 5.41 Å². The van der Waals surface area contributed by atoms with E-state index in [4.69, 9.17) is 0 Å². The molecular formula is C22H27NO. The first-order valence-electron chi connectivity index (χ1n) is 9.19. The molecule has 1 N–H and O–H groups in total. The zero-order valence-electron chi connectivity index (χ0n) is 14.3. The van der Waals surface area contributed by atoms with E-state index in [1.54, 1.807) is 0 Å². The summed E-state index contributed by atoms with van der Waals surface area (Å²) >= 11 is 0. The van der Waals surface area contributed by atoms with E-state index in [1.165, 1.54) is 17.5 Å². The van der Waals surface area contributed by atoms with E-state index in [-0.39, 0.29) is 11.3 Å². The molecule has 0 aromatic heterocycles. The molecule has 3 rings (SSSR count). The lowest BCUT2D eigenvalue weighted by molar-refractivity contribution is -0.128. The summed E-state index contributed by atoms with van der Waals surface area (Å²) < 4.78 is 0. The summed E-state index contributed by atoms with van der Waals surface area (Å²) in [5, 5.41) is 3.22. The quantitative estimate of drug-likeness (QED) is 0.772. The molecule has 0 bridgehead atoms. The second-order valence-electron chi connectivity index (χ2n) is 6.85. The molecule has 0 saturated heterocycles. The molecule has 2 nitrogen and oxygen atoms in total. The number of carbonyl (C=O) groups is 1. The number of aryl methyl sites for hydroxylation is 1. The molecule has 0 atom stereocenters. The van der Waals surface area contributed by atoms with Crippen LogP contribution >= 0.6 is 0 Å². The van der Waals surface area contributed by atoms with Crippen LogP contribution in [-0.2, 0) is 16.6 Å². The molecule has 1 saturated carbocycles. The monoisotopic (exact) mass is 321 g/mol. The summed E-state index contributed by atoms with van der Waals surface area (Å²) in [4.78, 5) is 13.0. The predicted octanol–water partition coefficient (Wildman–Crippen LogP) is 4.64. The first kappa shape index (κ1) is 16.8. The van der Waals surface area contributed by atoms with Gasteiger partial charge in [0, 0.05) is 6.54 Å². The average molecular weight is 321 g/mol. The van der Waals surface area contributed by atoms with Crippen LogP contribution in [0.3, 0.4) is 0 Å². The van der Waals surface area contributed by atoms with Crippen LogP contribution in [0.1, 0.15) is 49.7 Å². The third kappa shape index (κ3) is 3.87. The van der Waals surface area contributed by atoms with Crippen molar-refractivity contribution in [3.63, 3.8) is 0 Å². The number of hydrogen-bond donors (Lipinski definition) is 1. The number of carbonyl (C=O) groups excluding carboxylic acids is 1. The van der Waals surface area contributed by atoms with Gasteiger partial charge in [-0.1, -0.05) is 79.9 Å². The van der Waals surface area contributed by atoms with E-state index < -0.39 is 0 Å². The fourth-order valence-electron chi connectivity index (χ4n) is 3.87. The van der Waals surface area contributed by atoms with Crippen LogP contribution in [0.5, 0.6) is 0 Å². The minimum absolute atomic E-state index is 0.224. The Bertz CT molecular complexity index is 630. The molecule has 0 spiro atoms. The summed E-state index contributed by atoms with van der Waals surface area (Å²) in [6.45, 7) is 0.752. The summed E-state index contributed by atoms with van der Waals surface area (Å²) in [7, 11) is 0. The standard InChI is InChI=1S/C22H27NO/c24-21(23-18-10-13-19-11-4-1-5-12-19)22(16-8-3-9-17-22)20-14-6-2-7-15-20/h1-2,4-7,11-12,14-15H,3,8-10,13,16-18H2,(H,23,24). The van der Waals surface area contributed by atoms with Crippen molar-refractivity contribution in [2.75, 3.05) is 6.54 Å². The molecule has 0 heterocycles. The Hall–Kier alpha value is -2.09. The van der Waals surface area contributed by atoms with E-state index in [0.717, 1.165) is 45.1 Å². The van der Waals surface area contributed by atoms with Gasteiger partial charge in [-0.25, -0.2) is 0 Å². The summed E-state index contributed by atoms with van der Waals surface area (Å²) in [5.41, 5.74) is 2.21. The van der Waals surface area contributed by atoms with E-state index >= 15 is 0 Å². The molecular weight excluding hydrogens is 294 g/mol. The highest BCUT2D eigenvalue weighted by Gasteiger charge is 2.40. The normalized spacial score (nSPS) is 16.5. The third-order valence-corrected chi connectivity index (χ3v) is 5.24. The van der Waals surface area contributed by atoms with Gasteiger partial charge >= 0.3 is 0 Å². The van der Waals surface area contributed by atoms with Gasteiger partial charge in [0.2, 0.25) is 5.91 Å². The molecule has 24 heavy (non-hydrogen) atoms. The summed E-state index contributed by atoms with van der Waals surface area (Å²) in [6.07, 6.45) is 7.48. The molecule has 1 aliphatic rings. The molecule has 2 aromatic rings. The molecule has 0 unspecified atom stereocenters. The fraction of sp³-hybridized carbons (Fsp3) is 0.409. The van der Waals surface area contributed by atoms with Crippen molar-refractivity contribution in [1.82, 2.24) is 5.32 Å². The van der Waals surface area contributed by atoms with Crippen LogP contribution in [0.15, 0.2) is 60.7 Å². The van der Waals surface area contributed by atoms with E-state index in [1.807, 2.05) is 24.3 Å². The van der Waals surface area contributed by atoms with Gasteiger partial charge in [0.15, 0.2) is 0 Å². The second-order valence-corrected chi connectivity index (χ2v) is 6.85. The number of hydrogen-bond acceptors (Lipinski definition) is 1. The van der Waals surface area contributed by atoms with Crippen molar-refractivity contribution in [2.45, 2.75) is 50.4 Å². The Morgan fingerprint density at radius 3 is 2.17 bits per heavy atom. The average Bonchev–Trinajstić information content (AvgIpc) is 2.67. The maximum Gasteiger partial charge on any atom is 0.230 e. The highest BCUT2D eigenvalue weighted by molar-refractivity contribution is 5.88. The summed E-state index contributed by atoms with van der Waals surface area (Å²) in [6, 6.07) is 20.8. The third-order valence-electron chi connectivity index (χ3n) is 5.24. The lowest BCUT2D eigenvalue weighted by Gasteiger charge is -2.36. The molecule has 0 aliphatic heterocycles. The minimum atomic E-state index is -0.313. The zero-order valence-corrected chi connectivity index (χ0v) is 14.3. The maximum atomic E-state index is 13.0. The van der Waals surface area contributed by atoms with Crippen LogP contribution in [-0.4, -0.2) is 12.5 Å². The molecule has 126 valence electrons. The highest BCUT2D eigenvalue weighted by atomic mass is 16.2. The number of benzene rings is 2. The van der Waals surface area contributed by atoms with Gasteiger partial charge in [0.25, 0.3) is 0 Å². The zero-order chi connectivity index (χ0) is 16.7. The minimum Gasteiger partial charge on any atom is -0.355 e. The molecule has 2 heteroatoms. The van der Waals surface area contributed by atoms with E-state index in [0.29, 0.717) is 0 Å². The molecule has 1 aliphatic carbocycles. The van der Waals surface area contributed by atoms with Gasteiger partial charge in [0.1, 0.15) is 0 Å². The summed E-state index contributed by atoms with van der Waals surface area (Å²) in [5.74, 6) is 0.224. The smallest absolute Gasteiger partial charge is 0.230 e. The van der Waals surface area contributed by atoms with Gasteiger partial charge in [-0.15, -0.1) is 0 Å². The van der Waals surface area contributed by atoms with Crippen molar-refractivity contribution in [3.8, 4) is 0 Å². The lowest BCUT2D eigenvalue weighted by atomic mass is 9.68.